The van der Waals surface area contributed by atoms with Crippen molar-refractivity contribution in [2.75, 3.05) is 44.2 Å². The van der Waals surface area contributed by atoms with E-state index in [9.17, 15) is 9.59 Å². The number of rotatable bonds is 5. The number of benzene rings is 1. The van der Waals surface area contributed by atoms with E-state index < -0.39 is 0 Å². The minimum absolute atomic E-state index is 0.0228. The van der Waals surface area contributed by atoms with Crippen molar-refractivity contribution < 1.29 is 9.59 Å². The minimum Gasteiger partial charge on any atom is -0.368 e. The highest BCUT2D eigenvalue weighted by molar-refractivity contribution is 6.33. The van der Waals surface area contributed by atoms with Crippen molar-refractivity contribution in [2.24, 2.45) is 11.8 Å². The quantitative estimate of drug-likeness (QED) is 0.726. The van der Waals surface area contributed by atoms with Gasteiger partial charge in [-0.25, -0.2) is 0 Å². The average molecular weight is 390 g/mol. The Morgan fingerprint density at radius 1 is 0.889 bits per heavy atom. The molecule has 2 unspecified atom stereocenters. The second-order valence-electron chi connectivity index (χ2n) is 7.96. The van der Waals surface area contributed by atoms with Gasteiger partial charge in [-0.05, 0) is 37.9 Å². The van der Waals surface area contributed by atoms with Gasteiger partial charge in [0.1, 0.15) is 0 Å². The number of carbonyl (C=O) groups excluding carboxylic acids is 2. The SMILES string of the molecule is O=C1C2CCCCC2C(=O)N1CCCN1CCN(c2ccccc2Cl)CC1. The third kappa shape index (κ3) is 3.85. The smallest absolute Gasteiger partial charge is 0.233 e. The number of anilines is 1. The molecule has 6 heteroatoms. The van der Waals surface area contributed by atoms with Gasteiger partial charge in [0, 0.05) is 32.7 Å². The zero-order valence-corrected chi connectivity index (χ0v) is 16.5. The van der Waals surface area contributed by atoms with Crippen LogP contribution in [0.25, 0.3) is 0 Å². The highest BCUT2D eigenvalue weighted by Gasteiger charge is 2.47. The van der Waals surface area contributed by atoms with Crippen LogP contribution in [0.15, 0.2) is 24.3 Å². The van der Waals surface area contributed by atoms with Gasteiger partial charge in [-0.3, -0.25) is 19.4 Å². The third-order valence-electron chi connectivity index (χ3n) is 6.35. The van der Waals surface area contributed by atoms with Crippen molar-refractivity contribution in [3.05, 3.63) is 29.3 Å². The number of hydrogen-bond acceptors (Lipinski definition) is 4. The number of nitrogens with zero attached hydrogens (tertiary/aromatic N) is 3. The fourth-order valence-electron chi connectivity index (χ4n) is 4.82. The van der Waals surface area contributed by atoms with E-state index in [0.717, 1.165) is 75.5 Å². The van der Waals surface area contributed by atoms with Crippen molar-refractivity contribution >= 4 is 29.1 Å². The first-order valence-corrected chi connectivity index (χ1v) is 10.6. The maximum Gasteiger partial charge on any atom is 0.233 e. The van der Waals surface area contributed by atoms with Gasteiger partial charge in [0.25, 0.3) is 0 Å². The molecule has 2 atom stereocenters. The van der Waals surface area contributed by atoms with E-state index in [4.69, 9.17) is 11.6 Å². The van der Waals surface area contributed by atoms with Gasteiger partial charge in [-0.15, -0.1) is 0 Å². The van der Waals surface area contributed by atoms with E-state index >= 15 is 0 Å². The summed E-state index contributed by atoms with van der Waals surface area (Å²) < 4.78 is 0. The first-order valence-electron chi connectivity index (χ1n) is 10.2. The third-order valence-corrected chi connectivity index (χ3v) is 6.67. The molecule has 1 saturated carbocycles. The zero-order chi connectivity index (χ0) is 18.8. The molecule has 27 heavy (non-hydrogen) atoms. The fraction of sp³-hybridized carbons (Fsp3) is 0.619. The number of likely N-dealkylation sites (tertiary alicyclic amines) is 1. The van der Waals surface area contributed by atoms with Gasteiger partial charge < -0.3 is 4.90 Å². The van der Waals surface area contributed by atoms with Crippen LogP contribution in [-0.2, 0) is 9.59 Å². The molecule has 1 aromatic carbocycles. The van der Waals surface area contributed by atoms with Crippen LogP contribution in [0.2, 0.25) is 5.02 Å². The van der Waals surface area contributed by atoms with Gasteiger partial charge in [-0.2, -0.15) is 0 Å². The number of fused-ring (bicyclic) bond motifs is 1. The maximum atomic E-state index is 12.5. The normalized spacial score (nSPS) is 26.6. The van der Waals surface area contributed by atoms with Gasteiger partial charge >= 0.3 is 0 Å². The van der Waals surface area contributed by atoms with Crippen LogP contribution in [0.5, 0.6) is 0 Å². The summed E-state index contributed by atoms with van der Waals surface area (Å²) in [6.45, 7) is 5.39. The van der Waals surface area contributed by atoms with Crippen LogP contribution in [0, 0.1) is 11.8 Å². The Kier molecular flexibility index (Phi) is 5.69. The van der Waals surface area contributed by atoms with Crippen molar-refractivity contribution in [3.8, 4) is 0 Å². The molecule has 0 N–H and O–H groups in total. The van der Waals surface area contributed by atoms with Crippen molar-refractivity contribution in [1.82, 2.24) is 9.80 Å². The first kappa shape index (κ1) is 18.8. The number of imide groups is 1. The van der Waals surface area contributed by atoms with Gasteiger partial charge in [0.05, 0.1) is 22.5 Å². The van der Waals surface area contributed by atoms with Crippen LogP contribution in [0.3, 0.4) is 0 Å². The molecule has 3 aliphatic rings. The molecule has 2 aliphatic heterocycles. The number of para-hydroxylation sites is 1. The Morgan fingerprint density at radius 3 is 2.15 bits per heavy atom. The summed E-state index contributed by atoms with van der Waals surface area (Å²) in [4.78, 5) is 31.4. The van der Waals surface area contributed by atoms with Crippen molar-refractivity contribution in [3.63, 3.8) is 0 Å². The molecule has 2 amide bonds. The maximum absolute atomic E-state index is 12.5. The highest BCUT2D eigenvalue weighted by Crippen LogP contribution is 2.38. The predicted molar refractivity (Wildman–Crippen MR) is 107 cm³/mol. The molecule has 2 heterocycles. The lowest BCUT2D eigenvalue weighted by Gasteiger charge is -2.36. The number of amides is 2. The second kappa shape index (κ2) is 8.19. The molecule has 1 aliphatic carbocycles. The summed E-state index contributed by atoms with van der Waals surface area (Å²) >= 11 is 6.30. The highest BCUT2D eigenvalue weighted by atomic mass is 35.5. The number of carbonyl (C=O) groups is 2. The standard InChI is InChI=1S/C21H28ClN3O2/c22-18-8-3-4-9-19(18)24-14-12-23(13-15-24)10-5-11-25-20(26)16-6-1-2-7-17(16)21(25)27/h3-4,8-9,16-17H,1-2,5-7,10-15H2. The average Bonchev–Trinajstić information content (AvgIpc) is 2.94. The minimum atomic E-state index is -0.0228. The summed E-state index contributed by atoms with van der Waals surface area (Å²) in [7, 11) is 0. The molecule has 3 fully saturated rings. The molecule has 0 radical (unpaired) electrons. The Morgan fingerprint density at radius 2 is 1.52 bits per heavy atom. The second-order valence-corrected chi connectivity index (χ2v) is 8.37. The summed E-state index contributed by atoms with van der Waals surface area (Å²) in [6, 6.07) is 7.99. The van der Waals surface area contributed by atoms with Gasteiger partial charge in [-0.1, -0.05) is 36.6 Å². The zero-order valence-electron chi connectivity index (χ0n) is 15.8. The van der Waals surface area contributed by atoms with Crippen LogP contribution in [0.1, 0.15) is 32.1 Å². The molecular weight excluding hydrogens is 362 g/mol. The van der Waals surface area contributed by atoms with Crippen molar-refractivity contribution in [1.29, 1.82) is 0 Å². The monoisotopic (exact) mass is 389 g/mol. The number of halogens is 1. The molecule has 5 nitrogen and oxygen atoms in total. The lowest BCUT2D eigenvalue weighted by Crippen LogP contribution is -2.47. The first-order chi connectivity index (χ1) is 13.1. The summed E-state index contributed by atoms with van der Waals surface area (Å²) in [5.41, 5.74) is 1.11. The van der Waals surface area contributed by atoms with Crippen molar-refractivity contribution in [2.45, 2.75) is 32.1 Å². The predicted octanol–water partition coefficient (Wildman–Crippen LogP) is 3.03. The molecule has 4 rings (SSSR count). The fourth-order valence-corrected chi connectivity index (χ4v) is 5.08. The summed E-state index contributed by atoms with van der Waals surface area (Å²) in [6.07, 6.45) is 4.84. The van der Waals surface area contributed by atoms with E-state index in [2.05, 4.69) is 15.9 Å². The van der Waals surface area contributed by atoms with Gasteiger partial charge in [0.15, 0.2) is 0 Å². The van der Waals surface area contributed by atoms with E-state index in [1.807, 2.05) is 18.2 Å². The number of hydrogen-bond donors (Lipinski definition) is 0. The molecule has 1 aromatic rings. The Balaban J connectivity index is 1.23. The molecule has 146 valence electrons. The lowest BCUT2D eigenvalue weighted by atomic mass is 9.81. The largest absolute Gasteiger partial charge is 0.368 e. The van der Waals surface area contributed by atoms with Crippen LogP contribution < -0.4 is 4.90 Å². The van der Waals surface area contributed by atoms with Gasteiger partial charge in [0.2, 0.25) is 11.8 Å². The van der Waals surface area contributed by atoms with Crippen LogP contribution in [0.4, 0.5) is 5.69 Å². The Hall–Kier alpha value is -1.59. The van der Waals surface area contributed by atoms with E-state index in [-0.39, 0.29) is 23.7 Å². The summed E-state index contributed by atoms with van der Waals surface area (Å²) in [5, 5.41) is 0.804. The summed E-state index contributed by atoms with van der Waals surface area (Å²) in [5.74, 6) is 0.136. The lowest BCUT2D eigenvalue weighted by molar-refractivity contribution is -0.140. The molecule has 2 saturated heterocycles. The Labute approximate surface area is 166 Å². The van der Waals surface area contributed by atoms with E-state index in [0.29, 0.717) is 6.54 Å². The Bertz CT molecular complexity index is 678. The van der Waals surface area contributed by atoms with E-state index in [1.54, 1.807) is 4.90 Å². The van der Waals surface area contributed by atoms with Crippen LogP contribution >= 0.6 is 11.6 Å². The van der Waals surface area contributed by atoms with E-state index in [1.165, 1.54) is 0 Å². The number of piperazine rings is 1. The molecule has 0 bridgehead atoms. The molecular formula is C21H28ClN3O2. The topological polar surface area (TPSA) is 43.9 Å². The van der Waals surface area contributed by atoms with Crippen LogP contribution in [-0.4, -0.2) is 60.9 Å². The molecule has 0 spiro atoms. The molecule has 0 aromatic heterocycles.